The number of rotatable bonds is 2. The van der Waals surface area contributed by atoms with Crippen LogP contribution in [0.3, 0.4) is 0 Å². The van der Waals surface area contributed by atoms with Gasteiger partial charge >= 0.3 is 6.09 Å². The zero-order valence-corrected chi connectivity index (χ0v) is 15.7. The Hall–Kier alpha value is -1.59. The number of benzene rings is 1. The molecule has 1 aliphatic heterocycles. The third-order valence-corrected chi connectivity index (χ3v) is 3.59. The second-order valence-electron chi connectivity index (χ2n) is 7.06. The smallest absolute Gasteiger partial charge is 0.410 e. The molecule has 1 amide bonds. The molecule has 0 aromatic heterocycles. The van der Waals surface area contributed by atoms with Crippen LogP contribution in [0, 0.1) is 0 Å². The van der Waals surface area contributed by atoms with Gasteiger partial charge in [0.05, 0.1) is 0 Å². The number of carbonyl (C=O) groups is 1. The predicted molar refractivity (Wildman–Crippen MR) is 96.9 cm³/mol. The molecule has 0 radical (unpaired) electrons. The normalized spacial score (nSPS) is 18.6. The van der Waals surface area contributed by atoms with Gasteiger partial charge in [-0.25, -0.2) is 4.79 Å². The van der Waals surface area contributed by atoms with Gasteiger partial charge < -0.3 is 14.7 Å². The minimum Gasteiger partial charge on any atom is -0.444 e. The minimum atomic E-state index is -0.433. The van der Waals surface area contributed by atoms with Crippen molar-refractivity contribution in [1.82, 2.24) is 9.80 Å². The quantitative estimate of drug-likeness (QED) is 0.901. The molecule has 1 unspecified atom stereocenters. The fourth-order valence-corrected chi connectivity index (χ4v) is 2.61. The molecule has 24 heavy (non-hydrogen) atoms. The van der Waals surface area contributed by atoms with Crippen molar-refractivity contribution in [2.75, 3.05) is 26.2 Å². The summed E-state index contributed by atoms with van der Waals surface area (Å²) in [6.45, 7) is 13.2. The third kappa shape index (κ3) is 7.32. The van der Waals surface area contributed by atoms with Crippen molar-refractivity contribution in [3.63, 3.8) is 0 Å². The lowest BCUT2D eigenvalue weighted by atomic mass is 10.1. The molecule has 5 nitrogen and oxygen atoms in total. The SMILES string of the molecule is CC1CN(Cc2ccccc2)CCN1C(=O)OC(C)(C)C.CCO. The minimum absolute atomic E-state index is 0.178. The summed E-state index contributed by atoms with van der Waals surface area (Å²) in [7, 11) is 0. The zero-order valence-electron chi connectivity index (χ0n) is 15.7. The third-order valence-electron chi connectivity index (χ3n) is 3.59. The molecule has 1 heterocycles. The molecule has 1 fully saturated rings. The van der Waals surface area contributed by atoms with Crippen LogP contribution in [0.25, 0.3) is 0 Å². The maximum absolute atomic E-state index is 12.2. The summed E-state index contributed by atoms with van der Waals surface area (Å²) in [5.74, 6) is 0. The molecule has 136 valence electrons. The molecule has 2 rings (SSSR count). The number of hydrogen-bond acceptors (Lipinski definition) is 4. The molecule has 5 heteroatoms. The van der Waals surface area contributed by atoms with Crippen molar-refractivity contribution in [3.05, 3.63) is 35.9 Å². The average molecular weight is 336 g/mol. The van der Waals surface area contributed by atoms with E-state index in [4.69, 9.17) is 9.84 Å². The van der Waals surface area contributed by atoms with Gasteiger partial charge in [0.25, 0.3) is 0 Å². The number of nitrogens with zero attached hydrogens (tertiary/aromatic N) is 2. The Labute approximate surface area is 146 Å². The Bertz CT molecular complexity index is 485. The highest BCUT2D eigenvalue weighted by atomic mass is 16.6. The van der Waals surface area contributed by atoms with Gasteiger partial charge in [-0.3, -0.25) is 4.90 Å². The first-order chi connectivity index (χ1) is 11.3. The van der Waals surface area contributed by atoms with Gasteiger partial charge in [0.15, 0.2) is 0 Å². The number of aliphatic hydroxyl groups excluding tert-OH is 1. The Kier molecular flexibility index (Phi) is 8.22. The molecule has 1 aliphatic rings. The molecular weight excluding hydrogens is 304 g/mol. The molecule has 1 atom stereocenters. The fourth-order valence-electron chi connectivity index (χ4n) is 2.61. The van der Waals surface area contributed by atoms with Crippen LogP contribution in [0.5, 0.6) is 0 Å². The van der Waals surface area contributed by atoms with E-state index >= 15 is 0 Å². The summed E-state index contributed by atoms with van der Waals surface area (Å²) >= 11 is 0. The standard InChI is InChI=1S/C17H26N2O2.C2H6O/c1-14-12-18(13-15-8-6-5-7-9-15)10-11-19(14)16(20)21-17(2,3)4;1-2-3/h5-9,14H,10-13H2,1-4H3;3H,2H2,1H3. The maximum Gasteiger partial charge on any atom is 0.410 e. The van der Waals surface area contributed by atoms with Crippen LogP contribution in [0.2, 0.25) is 0 Å². The molecular formula is C19H32N2O3. The molecule has 1 saturated heterocycles. The van der Waals surface area contributed by atoms with Crippen molar-refractivity contribution in [2.45, 2.75) is 52.8 Å². The number of aliphatic hydroxyl groups is 1. The van der Waals surface area contributed by atoms with Gasteiger partial charge in [-0.2, -0.15) is 0 Å². The number of amides is 1. The number of ether oxygens (including phenoxy) is 1. The van der Waals surface area contributed by atoms with E-state index in [1.165, 1.54) is 5.56 Å². The Morgan fingerprint density at radius 2 is 1.83 bits per heavy atom. The summed E-state index contributed by atoms with van der Waals surface area (Å²) in [6.07, 6.45) is -0.200. The number of piperazine rings is 1. The van der Waals surface area contributed by atoms with Crippen molar-refractivity contribution in [3.8, 4) is 0 Å². The van der Waals surface area contributed by atoms with Crippen LogP contribution in [-0.4, -0.2) is 58.9 Å². The van der Waals surface area contributed by atoms with E-state index in [-0.39, 0.29) is 18.7 Å². The van der Waals surface area contributed by atoms with E-state index in [0.717, 1.165) is 26.2 Å². The van der Waals surface area contributed by atoms with Gasteiger partial charge in [-0.1, -0.05) is 30.3 Å². The molecule has 0 bridgehead atoms. The summed E-state index contributed by atoms with van der Waals surface area (Å²) < 4.78 is 5.47. The molecule has 0 saturated carbocycles. The van der Waals surface area contributed by atoms with Gasteiger partial charge in [0.2, 0.25) is 0 Å². The van der Waals surface area contributed by atoms with Crippen LogP contribution < -0.4 is 0 Å². The van der Waals surface area contributed by atoms with Crippen molar-refractivity contribution < 1.29 is 14.6 Å². The Balaban J connectivity index is 0.000000891. The van der Waals surface area contributed by atoms with Crippen molar-refractivity contribution in [1.29, 1.82) is 0 Å². The Morgan fingerprint density at radius 1 is 1.25 bits per heavy atom. The monoisotopic (exact) mass is 336 g/mol. The van der Waals surface area contributed by atoms with Crippen LogP contribution in [0.4, 0.5) is 4.79 Å². The first kappa shape index (κ1) is 20.5. The lowest BCUT2D eigenvalue weighted by molar-refractivity contribution is 0.000562. The molecule has 1 aromatic rings. The topological polar surface area (TPSA) is 53.0 Å². The highest BCUT2D eigenvalue weighted by Gasteiger charge is 2.30. The van der Waals surface area contributed by atoms with Crippen molar-refractivity contribution in [2.24, 2.45) is 0 Å². The van der Waals surface area contributed by atoms with E-state index in [1.54, 1.807) is 6.92 Å². The average Bonchev–Trinajstić information content (AvgIpc) is 2.47. The van der Waals surface area contributed by atoms with E-state index < -0.39 is 5.60 Å². The van der Waals surface area contributed by atoms with Crippen molar-refractivity contribution >= 4 is 6.09 Å². The van der Waals surface area contributed by atoms with Crippen LogP contribution in [0.15, 0.2) is 30.3 Å². The highest BCUT2D eigenvalue weighted by Crippen LogP contribution is 2.17. The second-order valence-corrected chi connectivity index (χ2v) is 7.06. The largest absolute Gasteiger partial charge is 0.444 e. The highest BCUT2D eigenvalue weighted by molar-refractivity contribution is 5.68. The Morgan fingerprint density at radius 3 is 2.33 bits per heavy atom. The van der Waals surface area contributed by atoms with E-state index in [0.29, 0.717) is 0 Å². The summed E-state index contributed by atoms with van der Waals surface area (Å²) in [6, 6.07) is 10.6. The molecule has 0 spiro atoms. The maximum atomic E-state index is 12.2. The summed E-state index contributed by atoms with van der Waals surface area (Å²) in [5, 5.41) is 7.57. The van der Waals surface area contributed by atoms with Gasteiger partial charge in [-0.15, -0.1) is 0 Å². The van der Waals surface area contributed by atoms with Crippen LogP contribution in [-0.2, 0) is 11.3 Å². The van der Waals surface area contributed by atoms with E-state index in [1.807, 2.05) is 31.7 Å². The van der Waals surface area contributed by atoms with Gasteiger partial charge in [0.1, 0.15) is 5.60 Å². The summed E-state index contributed by atoms with van der Waals surface area (Å²) in [5.41, 5.74) is 0.883. The van der Waals surface area contributed by atoms with E-state index in [2.05, 4.69) is 36.1 Å². The second kappa shape index (κ2) is 9.64. The lowest BCUT2D eigenvalue weighted by Gasteiger charge is -2.40. The summed E-state index contributed by atoms with van der Waals surface area (Å²) in [4.78, 5) is 16.4. The number of hydrogen-bond donors (Lipinski definition) is 1. The van der Waals surface area contributed by atoms with Gasteiger partial charge in [-0.05, 0) is 40.2 Å². The molecule has 1 aromatic carbocycles. The molecule has 1 N–H and O–H groups in total. The zero-order chi connectivity index (χ0) is 18.2. The first-order valence-corrected chi connectivity index (χ1v) is 8.63. The fraction of sp³-hybridized carbons (Fsp3) is 0.632. The molecule has 0 aliphatic carbocycles. The first-order valence-electron chi connectivity index (χ1n) is 8.63. The van der Waals surface area contributed by atoms with Crippen LogP contribution in [0.1, 0.15) is 40.2 Å². The number of carbonyl (C=O) groups excluding carboxylic acids is 1. The lowest BCUT2D eigenvalue weighted by Crippen LogP contribution is -2.54. The van der Waals surface area contributed by atoms with Gasteiger partial charge in [0, 0.05) is 38.8 Å². The van der Waals surface area contributed by atoms with Crippen LogP contribution >= 0.6 is 0 Å². The predicted octanol–water partition coefficient (Wildman–Crippen LogP) is 3.13. The van der Waals surface area contributed by atoms with E-state index in [9.17, 15) is 4.79 Å².